The molecule has 4 nitrogen and oxygen atoms in total. The summed E-state index contributed by atoms with van der Waals surface area (Å²) in [4.78, 5) is 1.67. The standard InChI is InChI=1S/C15H26N2O2S/c1-10-11(2)13(4)15(14(5)12(10)3)20(18,19)16-8-9-17(6)7/h16H,8-9H2,1-7H3/p+1. The second-order valence-corrected chi connectivity index (χ2v) is 7.51. The van der Waals surface area contributed by atoms with E-state index in [0.29, 0.717) is 11.4 Å². The van der Waals surface area contributed by atoms with Gasteiger partial charge in [0.1, 0.15) is 0 Å². The van der Waals surface area contributed by atoms with Crippen LogP contribution in [0.25, 0.3) is 0 Å². The van der Waals surface area contributed by atoms with Crippen molar-refractivity contribution in [2.24, 2.45) is 0 Å². The lowest BCUT2D eigenvalue weighted by Crippen LogP contribution is -3.06. The van der Waals surface area contributed by atoms with E-state index in [4.69, 9.17) is 0 Å². The molecule has 0 aliphatic carbocycles. The van der Waals surface area contributed by atoms with Gasteiger partial charge in [-0.25, -0.2) is 13.1 Å². The molecule has 1 aromatic rings. The van der Waals surface area contributed by atoms with E-state index in [2.05, 4.69) is 4.72 Å². The molecule has 2 N–H and O–H groups in total. The summed E-state index contributed by atoms with van der Waals surface area (Å²) in [5.74, 6) is 0. The number of hydrogen-bond acceptors (Lipinski definition) is 2. The van der Waals surface area contributed by atoms with E-state index in [0.717, 1.165) is 28.8 Å². The van der Waals surface area contributed by atoms with E-state index in [-0.39, 0.29) is 0 Å². The van der Waals surface area contributed by atoms with Gasteiger partial charge in [0.2, 0.25) is 10.0 Å². The average Bonchev–Trinajstić information content (AvgIpc) is 2.33. The molecule has 0 aliphatic heterocycles. The van der Waals surface area contributed by atoms with Gasteiger partial charge in [-0.05, 0) is 62.4 Å². The Bertz CT molecular complexity index is 576. The second-order valence-electron chi connectivity index (χ2n) is 5.81. The van der Waals surface area contributed by atoms with E-state index >= 15 is 0 Å². The number of quaternary nitrogens is 1. The highest BCUT2D eigenvalue weighted by Crippen LogP contribution is 2.29. The van der Waals surface area contributed by atoms with Crippen LogP contribution in [0.5, 0.6) is 0 Å². The number of sulfonamides is 1. The first-order chi connectivity index (χ1) is 9.09. The Kier molecular flexibility index (Phi) is 5.35. The molecule has 0 aliphatic rings. The Labute approximate surface area is 123 Å². The largest absolute Gasteiger partial charge is 0.339 e. The molecule has 0 aromatic heterocycles. The van der Waals surface area contributed by atoms with Gasteiger partial charge in [0.15, 0.2) is 0 Å². The van der Waals surface area contributed by atoms with Gasteiger partial charge in [-0.1, -0.05) is 0 Å². The van der Waals surface area contributed by atoms with Crippen molar-refractivity contribution >= 4 is 10.0 Å². The zero-order valence-corrected chi connectivity index (χ0v) is 14.5. The zero-order chi connectivity index (χ0) is 15.7. The lowest BCUT2D eigenvalue weighted by atomic mass is 9.95. The fourth-order valence-corrected chi connectivity index (χ4v) is 4.00. The van der Waals surface area contributed by atoms with Crippen LogP contribution < -0.4 is 9.62 Å². The molecule has 1 rings (SSSR count). The molecule has 5 heteroatoms. The van der Waals surface area contributed by atoms with Crippen molar-refractivity contribution < 1.29 is 13.3 Å². The SMILES string of the molecule is Cc1c(C)c(C)c(S(=O)(=O)NCC[NH+](C)C)c(C)c1C. The number of hydrogen-bond donors (Lipinski definition) is 2. The average molecular weight is 299 g/mol. The summed E-state index contributed by atoms with van der Waals surface area (Å²) in [5.41, 5.74) is 5.01. The Hall–Kier alpha value is -0.910. The van der Waals surface area contributed by atoms with E-state index in [9.17, 15) is 8.42 Å². The maximum absolute atomic E-state index is 12.6. The minimum Gasteiger partial charge on any atom is -0.339 e. The van der Waals surface area contributed by atoms with Gasteiger partial charge < -0.3 is 4.90 Å². The molecule has 0 atom stereocenters. The quantitative estimate of drug-likeness (QED) is 0.839. The first-order valence-electron chi connectivity index (χ1n) is 6.95. The summed E-state index contributed by atoms with van der Waals surface area (Å²) >= 11 is 0. The molecule has 0 heterocycles. The Morgan fingerprint density at radius 3 is 1.65 bits per heavy atom. The monoisotopic (exact) mass is 299 g/mol. The zero-order valence-electron chi connectivity index (χ0n) is 13.6. The summed E-state index contributed by atoms with van der Waals surface area (Å²) in [6.45, 7) is 11.0. The van der Waals surface area contributed by atoms with Crippen LogP contribution in [0.15, 0.2) is 4.90 Å². The highest BCUT2D eigenvalue weighted by atomic mass is 32.2. The van der Waals surface area contributed by atoms with Gasteiger partial charge >= 0.3 is 0 Å². The molecule has 0 saturated heterocycles. The highest BCUT2D eigenvalue weighted by molar-refractivity contribution is 7.89. The number of rotatable bonds is 5. The molecule has 0 spiro atoms. The van der Waals surface area contributed by atoms with Gasteiger partial charge in [0, 0.05) is 0 Å². The van der Waals surface area contributed by atoms with Crippen molar-refractivity contribution in [2.45, 2.75) is 39.5 Å². The topological polar surface area (TPSA) is 50.6 Å². The molecule has 0 saturated carbocycles. The minimum absolute atomic E-state index is 0.451. The minimum atomic E-state index is -3.44. The van der Waals surface area contributed by atoms with Crippen LogP contribution >= 0.6 is 0 Å². The Morgan fingerprint density at radius 1 is 0.850 bits per heavy atom. The maximum atomic E-state index is 12.6. The van der Waals surface area contributed by atoms with Crippen molar-refractivity contribution in [1.82, 2.24) is 4.72 Å². The molecule has 0 unspecified atom stereocenters. The molecule has 1 aromatic carbocycles. The van der Waals surface area contributed by atoms with Crippen LogP contribution in [-0.2, 0) is 10.0 Å². The van der Waals surface area contributed by atoms with Crippen LogP contribution in [0.3, 0.4) is 0 Å². The number of nitrogens with one attached hydrogen (secondary N) is 2. The van der Waals surface area contributed by atoms with E-state index in [1.165, 1.54) is 10.5 Å². The van der Waals surface area contributed by atoms with E-state index in [1.807, 2.05) is 48.7 Å². The third-order valence-electron chi connectivity index (χ3n) is 4.12. The molecular weight excluding hydrogens is 272 g/mol. The van der Waals surface area contributed by atoms with Gasteiger partial charge in [-0.2, -0.15) is 0 Å². The lowest BCUT2D eigenvalue weighted by Gasteiger charge is -2.19. The Balaban J connectivity index is 3.26. The number of likely N-dealkylation sites (N-methyl/N-ethyl adjacent to an activating group) is 1. The fraction of sp³-hybridized carbons (Fsp3) is 0.600. The predicted octanol–water partition coefficient (Wildman–Crippen LogP) is 0.652. The van der Waals surface area contributed by atoms with Crippen molar-refractivity contribution in [2.75, 3.05) is 27.2 Å². The smallest absolute Gasteiger partial charge is 0.241 e. The maximum Gasteiger partial charge on any atom is 0.241 e. The van der Waals surface area contributed by atoms with Crippen molar-refractivity contribution in [3.05, 3.63) is 27.8 Å². The Morgan fingerprint density at radius 2 is 1.25 bits per heavy atom. The van der Waals surface area contributed by atoms with Gasteiger partial charge in [-0.3, -0.25) is 0 Å². The van der Waals surface area contributed by atoms with E-state index < -0.39 is 10.0 Å². The molecule has 20 heavy (non-hydrogen) atoms. The van der Waals surface area contributed by atoms with Gasteiger partial charge in [0.05, 0.1) is 32.1 Å². The summed E-state index contributed by atoms with van der Waals surface area (Å²) in [7, 11) is 0.567. The second kappa shape index (κ2) is 6.24. The van der Waals surface area contributed by atoms with Gasteiger partial charge in [0.25, 0.3) is 0 Å². The summed E-state index contributed by atoms with van der Waals surface area (Å²) in [6.07, 6.45) is 0. The third kappa shape index (κ3) is 3.40. The summed E-state index contributed by atoms with van der Waals surface area (Å²) in [6, 6.07) is 0. The fourth-order valence-electron chi connectivity index (χ4n) is 2.38. The summed E-state index contributed by atoms with van der Waals surface area (Å²) in [5, 5.41) is 0. The van der Waals surface area contributed by atoms with Crippen molar-refractivity contribution in [3.63, 3.8) is 0 Å². The first-order valence-corrected chi connectivity index (χ1v) is 8.43. The van der Waals surface area contributed by atoms with Crippen LogP contribution in [-0.4, -0.2) is 35.6 Å². The molecule has 0 fully saturated rings. The highest BCUT2D eigenvalue weighted by Gasteiger charge is 2.23. The molecular formula is C15H27N2O2S+. The van der Waals surface area contributed by atoms with Crippen molar-refractivity contribution in [3.8, 4) is 0 Å². The molecule has 0 bridgehead atoms. The van der Waals surface area contributed by atoms with E-state index in [1.54, 1.807) is 0 Å². The van der Waals surface area contributed by atoms with Gasteiger partial charge in [-0.15, -0.1) is 0 Å². The summed E-state index contributed by atoms with van der Waals surface area (Å²) < 4.78 is 27.8. The molecule has 0 amide bonds. The molecule has 0 radical (unpaired) electrons. The third-order valence-corrected chi connectivity index (χ3v) is 5.85. The normalized spacial score (nSPS) is 12.2. The van der Waals surface area contributed by atoms with Crippen molar-refractivity contribution in [1.29, 1.82) is 0 Å². The first kappa shape index (κ1) is 17.1. The molecule has 114 valence electrons. The van der Waals surface area contributed by atoms with Crippen LogP contribution in [0.4, 0.5) is 0 Å². The van der Waals surface area contributed by atoms with Crippen LogP contribution in [0.1, 0.15) is 27.8 Å². The van der Waals surface area contributed by atoms with Crippen LogP contribution in [0.2, 0.25) is 0 Å². The predicted molar refractivity (Wildman–Crippen MR) is 83.0 cm³/mol. The number of benzene rings is 1. The lowest BCUT2D eigenvalue weighted by molar-refractivity contribution is -0.856. The van der Waals surface area contributed by atoms with Crippen LogP contribution in [0, 0.1) is 34.6 Å².